The molecule has 0 aliphatic carbocycles. The number of carbonyl (C=O) groups excluding carboxylic acids is 1. The summed E-state index contributed by atoms with van der Waals surface area (Å²) in [5, 5.41) is 0.507. The molecule has 106 valence electrons. The van der Waals surface area contributed by atoms with Gasteiger partial charge >= 0.3 is 0 Å². The molecule has 3 heteroatoms. The van der Waals surface area contributed by atoms with Crippen LogP contribution in [0.5, 0.6) is 5.75 Å². The highest BCUT2D eigenvalue weighted by molar-refractivity contribution is 6.32. The maximum Gasteiger partial charge on any atom is 0.150 e. The molecule has 0 unspecified atom stereocenters. The van der Waals surface area contributed by atoms with Crippen LogP contribution in [0.1, 0.15) is 62.2 Å². The van der Waals surface area contributed by atoms with E-state index in [9.17, 15) is 4.79 Å². The molecule has 0 aliphatic heterocycles. The maximum atomic E-state index is 10.6. The third-order valence-corrected chi connectivity index (χ3v) is 3.39. The molecule has 2 nitrogen and oxygen atoms in total. The predicted octanol–water partition coefficient (Wildman–Crippen LogP) is 5.28. The van der Waals surface area contributed by atoms with Crippen LogP contribution in [0.4, 0.5) is 0 Å². The summed E-state index contributed by atoms with van der Waals surface area (Å²) in [6, 6.07) is 5.11. The van der Waals surface area contributed by atoms with E-state index in [1.165, 1.54) is 38.5 Å². The molecule has 0 heterocycles. The number of rotatable bonds is 10. The van der Waals surface area contributed by atoms with Crippen molar-refractivity contribution in [3.8, 4) is 5.75 Å². The normalized spacial score (nSPS) is 10.4. The molecule has 0 spiro atoms. The van der Waals surface area contributed by atoms with Gasteiger partial charge < -0.3 is 4.74 Å². The summed E-state index contributed by atoms with van der Waals surface area (Å²) in [7, 11) is 0. The molecule has 1 aromatic carbocycles. The van der Waals surface area contributed by atoms with E-state index < -0.39 is 0 Å². The predicted molar refractivity (Wildman–Crippen MR) is 80.3 cm³/mol. The molecule has 0 N–H and O–H groups in total. The zero-order chi connectivity index (χ0) is 13.9. The second-order valence-electron chi connectivity index (χ2n) is 4.78. The lowest BCUT2D eigenvalue weighted by Crippen LogP contribution is -1.98. The van der Waals surface area contributed by atoms with Gasteiger partial charge in [0.15, 0.2) is 0 Å². The lowest BCUT2D eigenvalue weighted by atomic mass is 10.1. The molecular formula is C16H23ClO2. The molecule has 1 rings (SSSR count). The summed E-state index contributed by atoms with van der Waals surface area (Å²) in [6.45, 7) is 2.92. The molecule has 0 aliphatic rings. The molecule has 0 bridgehead atoms. The standard InChI is InChI=1S/C16H23ClO2/c1-2-3-4-5-6-7-8-11-19-16-10-9-14(13-18)12-15(16)17/h9-10,12-13H,2-8,11H2,1H3. The SMILES string of the molecule is CCCCCCCCCOc1ccc(C=O)cc1Cl. The van der Waals surface area contributed by atoms with E-state index in [0.29, 0.717) is 22.9 Å². The summed E-state index contributed by atoms with van der Waals surface area (Å²) in [5.74, 6) is 0.665. The van der Waals surface area contributed by atoms with E-state index in [1.54, 1.807) is 18.2 Å². The van der Waals surface area contributed by atoms with Gasteiger partial charge in [-0.1, -0.05) is 57.0 Å². The fourth-order valence-corrected chi connectivity index (χ4v) is 2.19. The minimum Gasteiger partial charge on any atom is -0.492 e. The highest BCUT2D eigenvalue weighted by Gasteiger charge is 2.02. The van der Waals surface area contributed by atoms with Crippen LogP contribution in [0.2, 0.25) is 5.02 Å². The first-order valence-electron chi connectivity index (χ1n) is 7.15. The third-order valence-electron chi connectivity index (χ3n) is 3.10. The molecule has 1 aromatic rings. The van der Waals surface area contributed by atoms with E-state index in [1.807, 2.05) is 0 Å². The van der Waals surface area contributed by atoms with Crippen LogP contribution in [0.3, 0.4) is 0 Å². The summed E-state index contributed by atoms with van der Waals surface area (Å²) in [6.07, 6.45) is 9.62. The third kappa shape index (κ3) is 6.63. The molecule has 19 heavy (non-hydrogen) atoms. The Morgan fingerprint density at radius 1 is 1.11 bits per heavy atom. The molecular weight excluding hydrogens is 260 g/mol. The summed E-state index contributed by atoms with van der Waals surface area (Å²) in [4.78, 5) is 10.6. The van der Waals surface area contributed by atoms with E-state index in [0.717, 1.165) is 12.7 Å². The number of unbranched alkanes of at least 4 members (excludes halogenated alkanes) is 6. The molecule has 0 fully saturated rings. The van der Waals surface area contributed by atoms with Gasteiger partial charge in [-0.3, -0.25) is 4.79 Å². The van der Waals surface area contributed by atoms with Gasteiger partial charge in [-0.2, -0.15) is 0 Å². The lowest BCUT2D eigenvalue weighted by Gasteiger charge is -2.08. The minimum atomic E-state index is 0.507. The van der Waals surface area contributed by atoms with Gasteiger partial charge in [-0.05, 0) is 24.6 Å². The monoisotopic (exact) mass is 282 g/mol. The first-order chi connectivity index (χ1) is 9.27. The van der Waals surface area contributed by atoms with Crippen molar-refractivity contribution >= 4 is 17.9 Å². The van der Waals surface area contributed by atoms with Crippen molar-refractivity contribution in [2.45, 2.75) is 51.9 Å². The van der Waals surface area contributed by atoms with Crippen molar-refractivity contribution < 1.29 is 9.53 Å². The maximum absolute atomic E-state index is 10.6. The Morgan fingerprint density at radius 2 is 1.79 bits per heavy atom. The minimum absolute atomic E-state index is 0.507. The fourth-order valence-electron chi connectivity index (χ4n) is 1.95. The van der Waals surface area contributed by atoms with Gasteiger partial charge in [0.2, 0.25) is 0 Å². The quantitative estimate of drug-likeness (QED) is 0.431. The number of hydrogen-bond donors (Lipinski definition) is 0. The van der Waals surface area contributed by atoms with Crippen LogP contribution in [-0.4, -0.2) is 12.9 Å². The molecule has 0 atom stereocenters. The Kier molecular flexibility index (Phi) is 8.31. The highest BCUT2D eigenvalue weighted by atomic mass is 35.5. The number of aldehydes is 1. The van der Waals surface area contributed by atoms with Crippen molar-refractivity contribution in [1.82, 2.24) is 0 Å². The highest BCUT2D eigenvalue weighted by Crippen LogP contribution is 2.25. The Hall–Kier alpha value is -1.02. The van der Waals surface area contributed by atoms with E-state index in [4.69, 9.17) is 16.3 Å². The van der Waals surface area contributed by atoms with Gasteiger partial charge in [-0.25, -0.2) is 0 Å². The molecule has 0 aromatic heterocycles. The summed E-state index contributed by atoms with van der Waals surface area (Å²) in [5.41, 5.74) is 0.577. The first kappa shape index (κ1) is 16.0. The first-order valence-corrected chi connectivity index (χ1v) is 7.53. The van der Waals surface area contributed by atoms with Gasteiger partial charge in [-0.15, -0.1) is 0 Å². The molecule has 0 saturated heterocycles. The van der Waals surface area contributed by atoms with Crippen molar-refractivity contribution in [2.24, 2.45) is 0 Å². The Morgan fingerprint density at radius 3 is 2.42 bits per heavy atom. The second kappa shape index (κ2) is 9.85. The molecule has 0 radical (unpaired) electrons. The topological polar surface area (TPSA) is 26.3 Å². The van der Waals surface area contributed by atoms with Crippen LogP contribution in [0, 0.1) is 0 Å². The Labute approximate surface area is 121 Å². The Balaban J connectivity index is 2.14. The van der Waals surface area contributed by atoms with Gasteiger partial charge in [0.25, 0.3) is 0 Å². The number of carbonyl (C=O) groups is 1. The van der Waals surface area contributed by atoms with Gasteiger partial charge in [0, 0.05) is 5.56 Å². The molecule has 0 amide bonds. The zero-order valence-electron chi connectivity index (χ0n) is 11.7. The van der Waals surface area contributed by atoms with Crippen molar-refractivity contribution in [2.75, 3.05) is 6.61 Å². The number of halogens is 1. The van der Waals surface area contributed by atoms with Crippen LogP contribution in [0.25, 0.3) is 0 Å². The van der Waals surface area contributed by atoms with E-state index in [-0.39, 0.29) is 0 Å². The van der Waals surface area contributed by atoms with E-state index >= 15 is 0 Å². The van der Waals surface area contributed by atoms with Crippen LogP contribution >= 0.6 is 11.6 Å². The largest absolute Gasteiger partial charge is 0.492 e. The van der Waals surface area contributed by atoms with Crippen LogP contribution in [0.15, 0.2) is 18.2 Å². The summed E-state index contributed by atoms with van der Waals surface area (Å²) < 4.78 is 5.62. The van der Waals surface area contributed by atoms with Crippen LogP contribution < -0.4 is 4.74 Å². The van der Waals surface area contributed by atoms with Crippen LogP contribution in [-0.2, 0) is 0 Å². The number of hydrogen-bond acceptors (Lipinski definition) is 2. The average molecular weight is 283 g/mol. The number of ether oxygens (including phenoxy) is 1. The van der Waals surface area contributed by atoms with E-state index in [2.05, 4.69) is 6.92 Å². The van der Waals surface area contributed by atoms with Gasteiger partial charge in [0.1, 0.15) is 12.0 Å². The van der Waals surface area contributed by atoms with Crippen molar-refractivity contribution in [1.29, 1.82) is 0 Å². The van der Waals surface area contributed by atoms with Crippen molar-refractivity contribution in [3.05, 3.63) is 28.8 Å². The lowest BCUT2D eigenvalue weighted by molar-refractivity contribution is 0.112. The average Bonchev–Trinajstić information content (AvgIpc) is 2.43. The smallest absolute Gasteiger partial charge is 0.150 e. The zero-order valence-corrected chi connectivity index (χ0v) is 12.4. The fraction of sp³-hybridized carbons (Fsp3) is 0.562. The molecule has 0 saturated carbocycles. The number of benzene rings is 1. The second-order valence-corrected chi connectivity index (χ2v) is 5.18. The summed E-state index contributed by atoms with van der Waals surface area (Å²) >= 11 is 6.02. The Bertz CT molecular complexity index is 377. The van der Waals surface area contributed by atoms with Crippen molar-refractivity contribution in [3.63, 3.8) is 0 Å². The van der Waals surface area contributed by atoms with Gasteiger partial charge in [0.05, 0.1) is 11.6 Å².